The third-order valence-electron chi connectivity index (χ3n) is 6.29. The van der Waals surface area contributed by atoms with Crippen LogP contribution in [0, 0.1) is 5.82 Å². The smallest absolute Gasteiger partial charge is 0.223 e. The highest BCUT2D eigenvalue weighted by atomic mass is 19.1. The minimum atomic E-state index is -0.273. The quantitative estimate of drug-likeness (QED) is 0.380. The molecule has 7 nitrogen and oxygen atoms in total. The maximum absolute atomic E-state index is 13.7. The van der Waals surface area contributed by atoms with Crippen LogP contribution in [0.3, 0.4) is 0 Å². The molecule has 0 bridgehead atoms. The van der Waals surface area contributed by atoms with E-state index in [-0.39, 0.29) is 17.6 Å². The van der Waals surface area contributed by atoms with Crippen molar-refractivity contribution in [3.63, 3.8) is 0 Å². The average molecular weight is 473 g/mol. The molecule has 0 aliphatic carbocycles. The van der Waals surface area contributed by atoms with Crippen molar-refractivity contribution in [3.8, 4) is 28.4 Å². The lowest BCUT2D eigenvalue weighted by Crippen LogP contribution is -2.26. The van der Waals surface area contributed by atoms with Gasteiger partial charge in [0.25, 0.3) is 0 Å². The summed E-state index contributed by atoms with van der Waals surface area (Å²) >= 11 is 0. The van der Waals surface area contributed by atoms with Crippen LogP contribution in [-0.4, -0.2) is 49.7 Å². The van der Waals surface area contributed by atoms with E-state index in [1.54, 1.807) is 30.5 Å². The van der Waals surface area contributed by atoms with Gasteiger partial charge in [0.1, 0.15) is 17.4 Å². The van der Waals surface area contributed by atoms with E-state index in [1.807, 2.05) is 25.1 Å². The molecular weight excluding hydrogens is 443 g/mol. The van der Waals surface area contributed by atoms with Gasteiger partial charge in [-0.1, -0.05) is 12.1 Å². The summed E-state index contributed by atoms with van der Waals surface area (Å²) in [5, 5.41) is 13.0. The van der Waals surface area contributed by atoms with Crippen molar-refractivity contribution in [2.75, 3.05) is 25.5 Å². The SMILES string of the molecule is CCNc1nccc(-c2c(-c3ccc(F)cc3)nc3n2C(CN(C)Cc2cccc(O)c2)CC3)n1. The number of rotatable bonds is 8. The molecule has 0 fully saturated rings. The fourth-order valence-electron chi connectivity index (χ4n) is 4.82. The van der Waals surface area contributed by atoms with Gasteiger partial charge in [-0.3, -0.25) is 0 Å². The van der Waals surface area contributed by atoms with Gasteiger partial charge in [0.15, 0.2) is 0 Å². The Bertz CT molecular complexity index is 1320. The number of benzene rings is 2. The zero-order valence-electron chi connectivity index (χ0n) is 19.9. The minimum absolute atomic E-state index is 0.210. The summed E-state index contributed by atoms with van der Waals surface area (Å²) in [4.78, 5) is 16.4. The van der Waals surface area contributed by atoms with Crippen LogP contribution >= 0.6 is 0 Å². The molecule has 0 amide bonds. The molecule has 0 saturated heterocycles. The van der Waals surface area contributed by atoms with E-state index >= 15 is 0 Å². The fourth-order valence-corrected chi connectivity index (χ4v) is 4.82. The molecule has 1 aliphatic heterocycles. The Morgan fingerprint density at radius 3 is 2.74 bits per heavy atom. The third kappa shape index (κ3) is 4.88. The molecule has 0 spiro atoms. The Balaban J connectivity index is 1.52. The highest BCUT2D eigenvalue weighted by molar-refractivity contribution is 5.78. The topological polar surface area (TPSA) is 79.1 Å². The molecule has 5 rings (SSSR count). The number of hydrogen-bond donors (Lipinski definition) is 2. The summed E-state index contributed by atoms with van der Waals surface area (Å²) in [5.41, 5.74) is 4.45. The molecule has 180 valence electrons. The van der Waals surface area contributed by atoms with E-state index in [0.717, 1.165) is 66.5 Å². The maximum atomic E-state index is 13.7. The second-order valence-corrected chi connectivity index (χ2v) is 8.96. The van der Waals surface area contributed by atoms with Crippen LogP contribution < -0.4 is 5.32 Å². The summed E-state index contributed by atoms with van der Waals surface area (Å²) < 4.78 is 16.0. The number of aromatic nitrogens is 4. The lowest BCUT2D eigenvalue weighted by Gasteiger charge is -2.24. The molecule has 1 aliphatic rings. The maximum Gasteiger partial charge on any atom is 0.223 e. The van der Waals surface area contributed by atoms with Crippen LogP contribution in [0.5, 0.6) is 5.75 Å². The second-order valence-electron chi connectivity index (χ2n) is 8.96. The Morgan fingerprint density at radius 1 is 1.14 bits per heavy atom. The summed E-state index contributed by atoms with van der Waals surface area (Å²) in [6.07, 6.45) is 3.60. The van der Waals surface area contributed by atoms with Gasteiger partial charge < -0.3 is 19.9 Å². The molecule has 2 N–H and O–H groups in total. The van der Waals surface area contributed by atoms with Crippen molar-refractivity contribution < 1.29 is 9.50 Å². The van der Waals surface area contributed by atoms with E-state index in [2.05, 4.69) is 26.8 Å². The number of halogens is 1. The predicted octanol–water partition coefficient (Wildman–Crippen LogP) is 4.90. The van der Waals surface area contributed by atoms with Crippen molar-refractivity contribution in [2.24, 2.45) is 0 Å². The third-order valence-corrected chi connectivity index (χ3v) is 6.29. The highest BCUT2D eigenvalue weighted by Gasteiger charge is 2.31. The zero-order chi connectivity index (χ0) is 24.4. The number of imidazole rings is 1. The number of anilines is 1. The van der Waals surface area contributed by atoms with Crippen molar-refractivity contribution >= 4 is 5.95 Å². The van der Waals surface area contributed by atoms with E-state index in [9.17, 15) is 9.50 Å². The van der Waals surface area contributed by atoms with Gasteiger partial charge in [-0.15, -0.1) is 0 Å². The first-order valence-electron chi connectivity index (χ1n) is 11.9. The molecule has 0 saturated carbocycles. The van der Waals surface area contributed by atoms with Crippen molar-refractivity contribution in [2.45, 2.75) is 32.4 Å². The predicted molar refractivity (Wildman–Crippen MR) is 135 cm³/mol. The van der Waals surface area contributed by atoms with Crippen molar-refractivity contribution in [1.29, 1.82) is 0 Å². The first kappa shape index (κ1) is 23.0. The number of phenols is 1. The van der Waals surface area contributed by atoms with E-state index < -0.39 is 0 Å². The summed E-state index contributed by atoms with van der Waals surface area (Å²) in [6, 6.07) is 16.0. The lowest BCUT2D eigenvalue weighted by molar-refractivity contribution is 0.273. The molecule has 8 heteroatoms. The second kappa shape index (κ2) is 9.84. The van der Waals surface area contributed by atoms with E-state index in [4.69, 9.17) is 9.97 Å². The number of hydrogen-bond acceptors (Lipinski definition) is 6. The summed E-state index contributed by atoms with van der Waals surface area (Å²) in [7, 11) is 2.09. The number of phenolic OH excluding ortho intramolecular Hbond substituents is 1. The van der Waals surface area contributed by atoms with Gasteiger partial charge in [0.05, 0.1) is 17.1 Å². The molecule has 1 atom stereocenters. The minimum Gasteiger partial charge on any atom is -0.508 e. The van der Waals surface area contributed by atoms with E-state index in [0.29, 0.717) is 5.95 Å². The van der Waals surface area contributed by atoms with Gasteiger partial charge in [0.2, 0.25) is 5.95 Å². The van der Waals surface area contributed by atoms with E-state index in [1.165, 1.54) is 12.1 Å². The fraction of sp³-hybridized carbons (Fsp3) is 0.296. The van der Waals surface area contributed by atoms with Gasteiger partial charge in [-0.05, 0) is 68.4 Å². The van der Waals surface area contributed by atoms with Gasteiger partial charge in [0, 0.05) is 43.9 Å². The van der Waals surface area contributed by atoms with Crippen molar-refractivity contribution in [3.05, 3.63) is 78.0 Å². The molecule has 2 aromatic carbocycles. The van der Waals surface area contributed by atoms with Crippen LogP contribution in [0.1, 0.15) is 30.8 Å². The number of likely N-dealkylation sites (N-methyl/N-ethyl adjacent to an activating group) is 1. The first-order chi connectivity index (χ1) is 17.0. The average Bonchev–Trinajstić information content (AvgIpc) is 3.40. The Hall–Kier alpha value is -3.78. The van der Waals surface area contributed by atoms with Gasteiger partial charge >= 0.3 is 0 Å². The van der Waals surface area contributed by atoms with Crippen LogP contribution in [0.2, 0.25) is 0 Å². The molecule has 0 radical (unpaired) electrons. The summed E-state index contributed by atoms with van der Waals surface area (Å²) in [6.45, 7) is 4.28. The first-order valence-corrected chi connectivity index (χ1v) is 11.9. The highest BCUT2D eigenvalue weighted by Crippen LogP contribution is 2.39. The van der Waals surface area contributed by atoms with Crippen molar-refractivity contribution in [1.82, 2.24) is 24.4 Å². The standard InChI is InChI=1S/C27H29FN6O/c1-3-29-27-30-14-13-23(31-27)26-25(19-7-9-20(28)10-8-19)32-24-12-11-21(34(24)26)17-33(2)16-18-5-4-6-22(35)15-18/h4-10,13-15,21,35H,3,11-12,16-17H2,1-2H3,(H,29,30,31). The Kier molecular flexibility index (Phi) is 6.46. The Labute approximate surface area is 204 Å². The van der Waals surface area contributed by atoms with Crippen LogP contribution in [0.25, 0.3) is 22.6 Å². The monoisotopic (exact) mass is 472 g/mol. The van der Waals surface area contributed by atoms with Crippen LogP contribution in [0.15, 0.2) is 60.8 Å². The molecule has 3 heterocycles. The molecule has 1 unspecified atom stereocenters. The zero-order valence-corrected chi connectivity index (χ0v) is 19.9. The molecular formula is C27H29FN6O. The number of aryl methyl sites for hydroxylation is 1. The largest absolute Gasteiger partial charge is 0.508 e. The molecule has 4 aromatic rings. The molecule has 35 heavy (non-hydrogen) atoms. The Morgan fingerprint density at radius 2 is 1.97 bits per heavy atom. The summed E-state index contributed by atoms with van der Waals surface area (Å²) in [5.74, 6) is 1.59. The number of nitrogens with zero attached hydrogens (tertiary/aromatic N) is 5. The van der Waals surface area contributed by atoms with Crippen LogP contribution in [0.4, 0.5) is 10.3 Å². The normalized spacial score (nSPS) is 14.9. The number of nitrogens with one attached hydrogen (secondary N) is 1. The molecule has 2 aromatic heterocycles. The number of fused-ring (bicyclic) bond motifs is 1. The van der Waals surface area contributed by atoms with Gasteiger partial charge in [-0.2, -0.15) is 0 Å². The van der Waals surface area contributed by atoms with Crippen LogP contribution in [-0.2, 0) is 13.0 Å². The number of aromatic hydroxyl groups is 1. The lowest BCUT2D eigenvalue weighted by atomic mass is 10.1. The van der Waals surface area contributed by atoms with Gasteiger partial charge in [-0.25, -0.2) is 19.3 Å².